The van der Waals surface area contributed by atoms with Crippen molar-refractivity contribution < 1.29 is 9.59 Å². The van der Waals surface area contributed by atoms with E-state index in [0.29, 0.717) is 12.0 Å². The Morgan fingerprint density at radius 2 is 1.86 bits per heavy atom. The number of likely N-dealkylation sites (tertiary alicyclic amines) is 2. The van der Waals surface area contributed by atoms with Crippen LogP contribution in [0.15, 0.2) is 24.3 Å². The maximum Gasteiger partial charge on any atom is 0.254 e. The van der Waals surface area contributed by atoms with Gasteiger partial charge < -0.3 is 15.1 Å². The minimum Gasteiger partial charge on any atom is -0.353 e. The van der Waals surface area contributed by atoms with E-state index in [1.165, 1.54) is 5.56 Å². The highest BCUT2D eigenvalue weighted by Crippen LogP contribution is 2.43. The summed E-state index contributed by atoms with van der Waals surface area (Å²) in [5.41, 5.74) is 1.58. The van der Waals surface area contributed by atoms with Crippen molar-refractivity contribution in [3.8, 4) is 0 Å². The molecule has 2 aliphatic heterocycles. The Balaban J connectivity index is 1.57. The van der Waals surface area contributed by atoms with Crippen LogP contribution in [-0.2, 0) is 11.2 Å². The van der Waals surface area contributed by atoms with E-state index in [-0.39, 0.29) is 17.9 Å². The molecule has 2 amide bonds. The van der Waals surface area contributed by atoms with E-state index in [2.05, 4.69) is 43.2 Å². The lowest BCUT2D eigenvalue weighted by atomic mass is 9.67. The van der Waals surface area contributed by atoms with Gasteiger partial charge in [-0.1, -0.05) is 26.0 Å². The summed E-state index contributed by atoms with van der Waals surface area (Å²) < 4.78 is 0. The van der Waals surface area contributed by atoms with Crippen molar-refractivity contribution in [1.29, 1.82) is 0 Å². The quantitative estimate of drug-likeness (QED) is 0.831. The number of carbonyl (C=O) groups is 2. The molecule has 0 bridgehead atoms. The lowest BCUT2D eigenvalue weighted by molar-refractivity contribution is -0.142. The van der Waals surface area contributed by atoms with Gasteiger partial charge in [0.05, 0.1) is 11.5 Å². The summed E-state index contributed by atoms with van der Waals surface area (Å²) >= 11 is 0. The maximum atomic E-state index is 13.5. The monoisotopic (exact) mass is 397 g/mol. The summed E-state index contributed by atoms with van der Waals surface area (Å²) in [5.74, 6) is 0.856. The number of fused-ring (bicyclic) bond motifs is 1. The number of piperidine rings is 2. The molecule has 2 saturated heterocycles. The van der Waals surface area contributed by atoms with Gasteiger partial charge in [0.25, 0.3) is 5.91 Å². The van der Waals surface area contributed by atoms with Gasteiger partial charge in [0, 0.05) is 24.7 Å². The highest BCUT2D eigenvalue weighted by molar-refractivity contribution is 5.95. The smallest absolute Gasteiger partial charge is 0.254 e. The molecule has 158 valence electrons. The standard InChI is InChI=1S/C24H35N3O2/c1-17(2)15-18-5-7-19(8-6-18)22(28)27-13-4-11-24(23(29)25-20-9-10-20)12-14-26(3)16-21(24)27/h5-8,17,20-21H,4,9-16H2,1-3H3,(H,25,29)/t21-,24+/m0/s1. The maximum absolute atomic E-state index is 13.5. The molecule has 1 aromatic carbocycles. The molecule has 4 rings (SSSR count). The van der Waals surface area contributed by atoms with Gasteiger partial charge in [-0.15, -0.1) is 0 Å². The molecular weight excluding hydrogens is 362 g/mol. The van der Waals surface area contributed by atoms with Gasteiger partial charge >= 0.3 is 0 Å². The Morgan fingerprint density at radius 1 is 1.14 bits per heavy atom. The van der Waals surface area contributed by atoms with Crippen LogP contribution in [0, 0.1) is 11.3 Å². The molecule has 1 aliphatic carbocycles. The van der Waals surface area contributed by atoms with Crippen LogP contribution in [0.25, 0.3) is 0 Å². The van der Waals surface area contributed by atoms with Crippen LogP contribution < -0.4 is 5.32 Å². The molecule has 0 aromatic heterocycles. The minimum absolute atomic E-state index is 0.0448. The number of nitrogens with one attached hydrogen (secondary N) is 1. The topological polar surface area (TPSA) is 52.7 Å². The van der Waals surface area contributed by atoms with E-state index in [1.54, 1.807) is 0 Å². The first-order chi connectivity index (χ1) is 13.9. The summed E-state index contributed by atoms with van der Waals surface area (Å²) in [7, 11) is 2.10. The fourth-order valence-corrected chi connectivity index (χ4v) is 5.13. The van der Waals surface area contributed by atoms with Crippen LogP contribution in [0.1, 0.15) is 61.9 Å². The van der Waals surface area contributed by atoms with Crippen molar-refractivity contribution in [1.82, 2.24) is 15.1 Å². The minimum atomic E-state index is -0.430. The molecule has 0 spiro atoms. The zero-order chi connectivity index (χ0) is 20.6. The number of hydrogen-bond acceptors (Lipinski definition) is 3. The van der Waals surface area contributed by atoms with Crippen molar-refractivity contribution in [2.24, 2.45) is 11.3 Å². The second kappa shape index (κ2) is 8.10. The number of likely N-dealkylation sites (N-methyl/N-ethyl adjacent to an activating group) is 1. The third kappa shape index (κ3) is 4.20. The Kier molecular flexibility index (Phi) is 5.69. The van der Waals surface area contributed by atoms with Crippen molar-refractivity contribution in [3.05, 3.63) is 35.4 Å². The van der Waals surface area contributed by atoms with Crippen LogP contribution in [0.4, 0.5) is 0 Å². The number of carbonyl (C=O) groups excluding carboxylic acids is 2. The SMILES string of the molecule is CC(C)Cc1ccc(C(=O)N2CCC[C@@]3(C(=O)NC4CC4)CCN(C)C[C@H]23)cc1. The first-order valence-electron chi connectivity index (χ1n) is 11.3. The van der Waals surface area contributed by atoms with Gasteiger partial charge in [-0.05, 0) is 75.7 Å². The van der Waals surface area contributed by atoms with E-state index >= 15 is 0 Å². The first kappa shape index (κ1) is 20.4. The summed E-state index contributed by atoms with van der Waals surface area (Å²) in [5, 5.41) is 3.26. The van der Waals surface area contributed by atoms with E-state index in [1.807, 2.05) is 17.0 Å². The molecule has 5 heteroatoms. The van der Waals surface area contributed by atoms with Crippen molar-refractivity contribution >= 4 is 11.8 Å². The van der Waals surface area contributed by atoms with Crippen LogP contribution in [0.2, 0.25) is 0 Å². The predicted octanol–water partition coefficient (Wildman–Crippen LogP) is 3.09. The molecule has 1 aromatic rings. The zero-order valence-corrected chi connectivity index (χ0v) is 18.1. The summed E-state index contributed by atoms with van der Waals surface area (Å²) in [6, 6.07) is 8.41. The fourth-order valence-electron chi connectivity index (χ4n) is 5.13. The Bertz CT molecular complexity index is 756. The average Bonchev–Trinajstić information content (AvgIpc) is 3.51. The Hall–Kier alpha value is -1.88. The molecule has 3 aliphatic rings. The van der Waals surface area contributed by atoms with Crippen LogP contribution in [0.3, 0.4) is 0 Å². The number of benzene rings is 1. The van der Waals surface area contributed by atoms with Gasteiger partial charge in [-0.25, -0.2) is 0 Å². The molecule has 1 saturated carbocycles. The second-order valence-corrected chi connectivity index (χ2v) is 9.83. The summed E-state index contributed by atoms with van der Waals surface area (Å²) in [6.07, 6.45) is 5.84. The van der Waals surface area contributed by atoms with Crippen LogP contribution in [0.5, 0.6) is 0 Å². The van der Waals surface area contributed by atoms with Crippen LogP contribution in [-0.4, -0.2) is 60.4 Å². The van der Waals surface area contributed by atoms with Gasteiger partial charge in [0.15, 0.2) is 0 Å². The van der Waals surface area contributed by atoms with Crippen LogP contribution >= 0.6 is 0 Å². The Labute approximate surface area is 174 Å². The lowest BCUT2D eigenvalue weighted by Gasteiger charge is -2.53. The molecule has 0 radical (unpaired) electrons. The van der Waals surface area contributed by atoms with E-state index in [4.69, 9.17) is 0 Å². The second-order valence-electron chi connectivity index (χ2n) is 9.83. The lowest BCUT2D eigenvalue weighted by Crippen LogP contribution is -2.66. The van der Waals surface area contributed by atoms with Gasteiger partial charge in [0.2, 0.25) is 5.91 Å². The molecule has 1 N–H and O–H groups in total. The molecule has 0 unspecified atom stereocenters. The summed E-state index contributed by atoms with van der Waals surface area (Å²) in [4.78, 5) is 31.0. The normalized spacial score (nSPS) is 27.6. The fraction of sp³-hybridized carbons (Fsp3) is 0.667. The number of nitrogens with zero attached hydrogens (tertiary/aromatic N) is 2. The van der Waals surface area contributed by atoms with Crippen molar-refractivity contribution in [3.63, 3.8) is 0 Å². The van der Waals surface area contributed by atoms with E-state index < -0.39 is 5.41 Å². The van der Waals surface area contributed by atoms with E-state index in [0.717, 1.165) is 63.7 Å². The van der Waals surface area contributed by atoms with Gasteiger partial charge in [-0.2, -0.15) is 0 Å². The Morgan fingerprint density at radius 3 is 2.52 bits per heavy atom. The molecule has 5 nitrogen and oxygen atoms in total. The third-order valence-corrected chi connectivity index (χ3v) is 6.93. The molecular formula is C24H35N3O2. The van der Waals surface area contributed by atoms with Gasteiger partial charge in [-0.3, -0.25) is 9.59 Å². The highest BCUT2D eigenvalue weighted by Gasteiger charge is 2.54. The predicted molar refractivity (Wildman–Crippen MR) is 115 cm³/mol. The largest absolute Gasteiger partial charge is 0.353 e. The third-order valence-electron chi connectivity index (χ3n) is 6.93. The molecule has 29 heavy (non-hydrogen) atoms. The number of hydrogen-bond donors (Lipinski definition) is 1. The molecule has 2 atom stereocenters. The van der Waals surface area contributed by atoms with Crippen molar-refractivity contribution in [2.45, 2.75) is 64.5 Å². The zero-order valence-electron chi connectivity index (χ0n) is 18.1. The molecule has 3 fully saturated rings. The van der Waals surface area contributed by atoms with Gasteiger partial charge in [0.1, 0.15) is 0 Å². The highest BCUT2D eigenvalue weighted by atomic mass is 16.2. The number of amides is 2. The van der Waals surface area contributed by atoms with Crippen molar-refractivity contribution in [2.75, 3.05) is 26.7 Å². The molecule has 2 heterocycles. The average molecular weight is 398 g/mol. The first-order valence-corrected chi connectivity index (χ1v) is 11.3. The van der Waals surface area contributed by atoms with E-state index in [9.17, 15) is 9.59 Å². The number of rotatable bonds is 5. The summed E-state index contributed by atoms with van der Waals surface area (Å²) in [6.45, 7) is 6.84.